The number of nitrogens with zero attached hydrogens (tertiary/aromatic N) is 4. The number of likely N-dealkylation sites (N-methyl/N-ethyl adjacent to an activating group) is 1. The zero-order chi connectivity index (χ0) is 30.2. The minimum absolute atomic E-state index is 0.100. The first kappa shape index (κ1) is 31.5. The van der Waals surface area contributed by atoms with E-state index in [-0.39, 0.29) is 17.9 Å². The molecule has 10 heteroatoms. The second-order valence-corrected chi connectivity index (χ2v) is 11.1. The molecule has 4 aromatic rings. The topological polar surface area (TPSA) is 79.7 Å². The number of nitrogens with one attached hydrogen (secondary N) is 1. The summed E-state index contributed by atoms with van der Waals surface area (Å²) < 4.78 is 7.27. The van der Waals surface area contributed by atoms with Crippen molar-refractivity contribution in [2.45, 2.75) is 25.8 Å². The van der Waals surface area contributed by atoms with Crippen molar-refractivity contribution in [2.24, 2.45) is 0 Å². The summed E-state index contributed by atoms with van der Waals surface area (Å²) >= 11 is 12.4. The van der Waals surface area contributed by atoms with Gasteiger partial charge in [-0.25, -0.2) is 4.98 Å². The Kier molecular flexibility index (Phi) is 11.0. The van der Waals surface area contributed by atoms with Gasteiger partial charge in [0.05, 0.1) is 45.7 Å². The van der Waals surface area contributed by atoms with Crippen LogP contribution in [0.4, 0.5) is 0 Å². The Hall–Kier alpha value is -3.43. The van der Waals surface area contributed by atoms with Crippen molar-refractivity contribution in [2.75, 3.05) is 47.4 Å². The molecule has 1 N–H and O–H groups in total. The quantitative estimate of drug-likeness (QED) is 0.219. The summed E-state index contributed by atoms with van der Waals surface area (Å²) in [5.74, 6) is 1.11. The first-order chi connectivity index (χ1) is 20.2. The number of halogens is 2. The maximum atomic E-state index is 14.1. The summed E-state index contributed by atoms with van der Waals surface area (Å²) in [6, 6.07) is 19.4. The highest BCUT2D eigenvalue weighted by molar-refractivity contribution is 6.42. The highest BCUT2D eigenvalue weighted by Crippen LogP contribution is 2.29. The molecule has 0 radical (unpaired) electrons. The summed E-state index contributed by atoms with van der Waals surface area (Å²) in [4.78, 5) is 37.1. The number of ether oxygens (including phenoxy) is 1. The maximum Gasteiger partial charge on any atom is 0.266 e. The second kappa shape index (κ2) is 14.6. The lowest BCUT2D eigenvalue weighted by Gasteiger charge is -2.34. The average Bonchev–Trinajstić information content (AvgIpc) is 2.97. The molecule has 0 saturated carbocycles. The van der Waals surface area contributed by atoms with Crippen LogP contribution in [-0.2, 0) is 11.2 Å². The summed E-state index contributed by atoms with van der Waals surface area (Å²) in [5, 5.41) is 4.55. The van der Waals surface area contributed by atoms with Gasteiger partial charge in [0.1, 0.15) is 11.6 Å². The molecular formula is C32H37Cl2N5O3. The number of carbonyl (C=O) groups excluding carboxylic acids is 1. The molecule has 1 amide bonds. The van der Waals surface area contributed by atoms with E-state index in [9.17, 15) is 9.59 Å². The molecule has 0 aliphatic carbocycles. The van der Waals surface area contributed by atoms with Crippen LogP contribution >= 0.6 is 23.2 Å². The second-order valence-electron chi connectivity index (χ2n) is 10.3. The number of aromatic nitrogens is 2. The highest BCUT2D eigenvalue weighted by Gasteiger charge is 2.30. The summed E-state index contributed by atoms with van der Waals surface area (Å²) in [7, 11) is 5.80. The van der Waals surface area contributed by atoms with E-state index in [2.05, 4.69) is 5.32 Å². The van der Waals surface area contributed by atoms with Gasteiger partial charge < -0.3 is 19.9 Å². The molecule has 8 nitrogen and oxygen atoms in total. The molecule has 0 saturated heterocycles. The van der Waals surface area contributed by atoms with Gasteiger partial charge in [-0.3, -0.25) is 14.2 Å². The monoisotopic (exact) mass is 609 g/mol. The Morgan fingerprint density at radius 2 is 1.76 bits per heavy atom. The van der Waals surface area contributed by atoms with Crippen molar-refractivity contribution < 1.29 is 9.53 Å². The lowest BCUT2D eigenvalue weighted by Crippen LogP contribution is -2.43. The SMILES string of the molecule is CCOc1ccc(-n2c(C(CCNC)N(CCN(C)C)C(=O)Cc3ccc(Cl)c(Cl)c3)nc3ccccc3c2=O)cc1. The van der Waals surface area contributed by atoms with Gasteiger partial charge in [0.15, 0.2) is 0 Å². The molecule has 1 unspecified atom stereocenters. The molecule has 4 rings (SSSR count). The van der Waals surface area contributed by atoms with Crippen molar-refractivity contribution in [3.63, 3.8) is 0 Å². The number of hydrogen-bond acceptors (Lipinski definition) is 6. The van der Waals surface area contributed by atoms with E-state index in [0.717, 1.165) is 5.56 Å². The summed E-state index contributed by atoms with van der Waals surface area (Å²) in [6.45, 7) is 4.14. The number of hydrogen-bond donors (Lipinski definition) is 1. The molecule has 42 heavy (non-hydrogen) atoms. The lowest BCUT2D eigenvalue weighted by molar-refractivity contribution is -0.133. The number of carbonyl (C=O) groups is 1. The average molecular weight is 611 g/mol. The molecule has 3 aromatic carbocycles. The van der Waals surface area contributed by atoms with E-state index >= 15 is 0 Å². The van der Waals surface area contributed by atoms with Crippen molar-refractivity contribution in [1.82, 2.24) is 24.7 Å². The fourth-order valence-corrected chi connectivity index (χ4v) is 5.19. The minimum atomic E-state index is -0.503. The molecule has 0 bridgehead atoms. The molecule has 1 heterocycles. The summed E-state index contributed by atoms with van der Waals surface area (Å²) in [5.41, 5.74) is 1.79. The van der Waals surface area contributed by atoms with Gasteiger partial charge in [-0.2, -0.15) is 0 Å². The van der Waals surface area contributed by atoms with Gasteiger partial charge in [-0.05, 0) is 95.1 Å². The van der Waals surface area contributed by atoms with E-state index in [1.807, 2.05) is 86.4 Å². The predicted molar refractivity (Wildman–Crippen MR) is 170 cm³/mol. The normalized spacial score (nSPS) is 12.1. The number of fused-ring (bicyclic) bond motifs is 1. The van der Waals surface area contributed by atoms with Crippen LogP contribution in [0.5, 0.6) is 5.75 Å². The van der Waals surface area contributed by atoms with E-state index < -0.39 is 6.04 Å². The molecule has 0 fully saturated rings. The van der Waals surface area contributed by atoms with Crippen LogP contribution in [0, 0.1) is 0 Å². The Morgan fingerprint density at radius 1 is 1.02 bits per heavy atom. The maximum absolute atomic E-state index is 14.1. The number of para-hydroxylation sites is 1. The van der Waals surface area contributed by atoms with Gasteiger partial charge >= 0.3 is 0 Å². The fraction of sp³-hybridized carbons (Fsp3) is 0.344. The molecule has 1 atom stereocenters. The molecule has 0 aliphatic heterocycles. The lowest BCUT2D eigenvalue weighted by atomic mass is 10.1. The molecule has 222 valence electrons. The van der Waals surface area contributed by atoms with Gasteiger partial charge in [0.25, 0.3) is 5.56 Å². The summed E-state index contributed by atoms with van der Waals surface area (Å²) in [6.07, 6.45) is 0.667. The van der Waals surface area contributed by atoms with E-state index in [1.54, 1.807) is 22.8 Å². The number of benzene rings is 3. The van der Waals surface area contributed by atoms with Crippen LogP contribution in [0.1, 0.15) is 30.8 Å². The van der Waals surface area contributed by atoms with Crippen LogP contribution in [0.25, 0.3) is 16.6 Å². The molecule has 1 aromatic heterocycles. The highest BCUT2D eigenvalue weighted by atomic mass is 35.5. The van der Waals surface area contributed by atoms with Crippen molar-refractivity contribution >= 4 is 40.0 Å². The molecular weight excluding hydrogens is 573 g/mol. The van der Waals surface area contributed by atoms with Crippen LogP contribution in [-0.4, -0.2) is 72.6 Å². The van der Waals surface area contributed by atoms with Crippen LogP contribution in [0.3, 0.4) is 0 Å². The molecule has 0 aliphatic rings. The number of amides is 1. The van der Waals surface area contributed by atoms with Crippen molar-refractivity contribution in [3.8, 4) is 11.4 Å². The Labute approximate surface area is 256 Å². The Bertz CT molecular complexity index is 1570. The zero-order valence-corrected chi connectivity index (χ0v) is 26.0. The third-order valence-corrected chi connectivity index (χ3v) is 7.74. The van der Waals surface area contributed by atoms with Gasteiger partial charge in [0.2, 0.25) is 5.91 Å². The van der Waals surface area contributed by atoms with Gasteiger partial charge in [-0.1, -0.05) is 41.4 Å². The Balaban J connectivity index is 1.89. The molecule has 0 spiro atoms. The zero-order valence-electron chi connectivity index (χ0n) is 24.4. The minimum Gasteiger partial charge on any atom is -0.494 e. The van der Waals surface area contributed by atoms with Crippen molar-refractivity contribution in [3.05, 3.63) is 98.5 Å². The smallest absolute Gasteiger partial charge is 0.266 e. The Morgan fingerprint density at radius 3 is 2.43 bits per heavy atom. The van der Waals surface area contributed by atoms with Gasteiger partial charge in [-0.15, -0.1) is 0 Å². The van der Waals surface area contributed by atoms with Crippen LogP contribution < -0.4 is 15.6 Å². The number of rotatable bonds is 13. The third kappa shape index (κ3) is 7.50. The third-order valence-electron chi connectivity index (χ3n) is 7.00. The predicted octanol–water partition coefficient (Wildman–Crippen LogP) is 5.37. The van der Waals surface area contributed by atoms with E-state index in [4.69, 9.17) is 32.9 Å². The van der Waals surface area contributed by atoms with Gasteiger partial charge in [0, 0.05) is 13.1 Å². The largest absolute Gasteiger partial charge is 0.494 e. The van der Waals surface area contributed by atoms with Crippen LogP contribution in [0.15, 0.2) is 71.5 Å². The fourth-order valence-electron chi connectivity index (χ4n) is 4.87. The van der Waals surface area contributed by atoms with E-state index in [1.165, 1.54) is 0 Å². The standard InChI is InChI=1S/C32H37Cl2N5O3/c1-5-42-24-13-11-23(12-14-24)39-31(36-28-9-7-6-8-25(28)32(39)41)29(16-17-35-2)38(19-18-37(3)4)30(40)21-22-10-15-26(33)27(34)20-22/h6-15,20,29,35H,5,16-19,21H2,1-4H3. The van der Waals surface area contributed by atoms with E-state index in [0.29, 0.717) is 70.9 Å². The van der Waals surface area contributed by atoms with Crippen LogP contribution in [0.2, 0.25) is 10.0 Å². The first-order valence-corrected chi connectivity index (χ1v) is 14.8. The van der Waals surface area contributed by atoms with Crippen molar-refractivity contribution in [1.29, 1.82) is 0 Å². The first-order valence-electron chi connectivity index (χ1n) is 14.0.